The van der Waals surface area contributed by atoms with Crippen LogP contribution in [0.2, 0.25) is 0 Å². The molecule has 0 aromatic rings. The van der Waals surface area contributed by atoms with E-state index in [1.165, 1.54) is 0 Å². The van der Waals surface area contributed by atoms with Gasteiger partial charge in [-0.2, -0.15) is 0 Å². The van der Waals surface area contributed by atoms with E-state index in [2.05, 4.69) is 4.90 Å². The molecule has 0 radical (unpaired) electrons. The Morgan fingerprint density at radius 1 is 1.29 bits per heavy atom. The van der Waals surface area contributed by atoms with Gasteiger partial charge in [-0.05, 0) is 39.9 Å². The molecule has 0 atom stereocenters. The molecule has 0 bridgehead atoms. The second-order valence-electron chi connectivity index (χ2n) is 5.10. The zero-order chi connectivity index (χ0) is 12.9. The zero-order valence-electron chi connectivity index (χ0n) is 11.2. The summed E-state index contributed by atoms with van der Waals surface area (Å²) in [5.41, 5.74) is 5.39. The fraction of sp³-hybridized carbons (Fsp3) is 0.917. The molecular weight excluding hydrogens is 218 g/mol. The molecule has 100 valence electrons. The van der Waals surface area contributed by atoms with Gasteiger partial charge in [0.25, 0.3) is 0 Å². The maximum atomic E-state index is 12.1. The maximum absolute atomic E-state index is 12.1. The smallest absolute Gasteiger partial charge is 0.242 e. The molecule has 17 heavy (non-hydrogen) atoms. The Morgan fingerprint density at radius 3 is 2.41 bits per heavy atom. The van der Waals surface area contributed by atoms with Gasteiger partial charge in [0.2, 0.25) is 5.91 Å². The topological polar surface area (TPSA) is 58.8 Å². The minimum Gasteiger partial charge on any atom is -0.383 e. The zero-order valence-corrected chi connectivity index (χ0v) is 11.2. The summed E-state index contributed by atoms with van der Waals surface area (Å²) < 4.78 is 5.04. The molecule has 0 aromatic heterocycles. The van der Waals surface area contributed by atoms with Gasteiger partial charge in [0.15, 0.2) is 0 Å². The molecule has 0 saturated heterocycles. The average Bonchev–Trinajstić information content (AvgIpc) is 3.01. The van der Waals surface area contributed by atoms with Gasteiger partial charge in [0.05, 0.1) is 12.1 Å². The predicted molar refractivity (Wildman–Crippen MR) is 67.8 cm³/mol. The van der Waals surface area contributed by atoms with E-state index in [-0.39, 0.29) is 5.91 Å². The van der Waals surface area contributed by atoms with E-state index in [0.717, 1.165) is 32.4 Å². The number of amides is 1. The van der Waals surface area contributed by atoms with Crippen molar-refractivity contribution in [1.29, 1.82) is 0 Å². The number of rotatable bonds is 8. The van der Waals surface area contributed by atoms with E-state index < -0.39 is 5.54 Å². The third kappa shape index (κ3) is 4.61. The number of carbonyl (C=O) groups excluding carboxylic acids is 1. The molecule has 0 aliphatic heterocycles. The van der Waals surface area contributed by atoms with Crippen LogP contribution in [0.5, 0.6) is 0 Å². The molecule has 1 rings (SSSR count). The number of ether oxygens (including phenoxy) is 1. The van der Waals surface area contributed by atoms with E-state index in [0.29, 0.717) is 13.2 Å². The average molecular weight is 243 g/mol. The standard InChI is InChI=1S/C12H25N3O2/c1-14(2)7-4-8-15(9-10-17-3)11(16)12(13)5-6-12/h4-10,13H2,1-3H3. The van der Waals surface area contributed by atoms with E-state index in [1.807, 2.05) is 19.0 Å². The summed E-state index contributed by atoms with van der Waals surface area (Å²) in [6, 6.07) is 0. The van der Waals surface area contributed by atoms with Crippen molar-refractivity contribution in [1.82, 2.24) is 9.80 Å². The molecule has 0 aromatic carbocycles. The fourth-order valence-corrected chi connectivity index (χ4v) is 1.76. The van der Waals surface area contributed by atoms with Gasteiger partial charge >= 0.3 is 0 Å². The van der Waals surface area contributed by atoms with Crippen LogP contribution in [-0.2, 0) is 9.53 Å². The van der Waals surface area contributed by atoms with Crippen molar-refractivity contribution < 1.29 is 9.53 Å². The molecule has 1 aliphatic carbocycles. The van der Waals surface area contributed by atoms with E-state index >= 15 is 0 Å². The van der Waals surface area contributed by atoms with E-state index in [1.54, 1.807) is 7.11 Å². The van der Waals surface area contributed by atoms with Crippen LogP contribution in [0.3, 0.4) is 0 Å². The molecule has 2 N–H and O–H groups in total. The van der Waals surface area contributed by atoms with Crippen LogP contribution in [0.15, 0.2) is 0 Å². The van der Waals surface area contributed by atoms with Gasteiger partial charge in [0.1, 0.15) is 0 Å². The molecular formula is C12H25N3O2. The van der Waals surface area contributed by atoms with Gasteiger partial charge in [-0.3, -0.25) is 4.79 Å². The van der Waals surface area contributed by atoms with Crippen molar-refractivity contribution in [3.8, 4) is 0 Å². The minimum atomic E-state index is -0.564. The van der Waals surface area contributed by atoms with Gasteiger partial charge in [-0.1, -0.05) is 0 Å². The lowest BCUT2D eigenvalue weighted by atomic mass is 10.2. The first-order chi connectivity index (χ1) is 7.99. The Bertz CT molecular complexity index is 252. The second-order valence-corrected chi connectivity index (χ2v) is 5.10. The van der Waals surface area contributed by atoms with Crippen LogP contribution >= 0.6 is 0 Å². The van der Waals surface area contributed by atoms with Gasteiger partial charge in [-0.15, -0.1) is 0 Å². The lowest BCUT2D eigenvalue weighted by Crippen LogP contribution is -2.47. The van der Waals surface area contributed by atoms with Crippen LogP contribution in [0.25, 0.3) is 0 Å². The van der Waals surface area contributed by atoms with Gasteiger partial charge < -0.3 is 20.3 Å². The molecule has 1 aliphatic rings. The first kappa shape index (κ1) is 14.4. The second kappa shape index (κ2) is 6.33. The summed E-state index contributed by atoms with van der Waals surface area (Å²) in [6.45, 7) is 2.96. The van der Waals surface area contributed by atoms with Crippen LogP contribution in [0.1, 0.15) is 19.3 Å². The van der Waals surface area contributed by atoms with Crippen molar-refractivity contribution in [2.75, 3.05) is 47.4 Å². The Balaban J connectivity index is 2.39. The lowest BCUT2D eigenvalue weighted by Gasteiger charge is -2.26. The number of nitrogens with zero attached hydrogens (tertiary/aromatic N) is 2. The highest BCUT2D eigenvalue weighted by Crippen LogP contribution is 2.34. The molecule has 0 spiro atoms. The van der Waals surface area contributed by atoms with Crippen molar-refractivity contribution >= 4 is 5.91 Å². The lowest BCUT2D eigenvalue weighted by molar-refractivity contribution is -0.134. The number of nitrogens with two attached hydrogens (primary N) is 1. The molecule has 5 nitrogen and oxygen atoms in total. The first-order valence-electron chi connectivity index (χ1n) is 6.21. The Labute approximate surface area is 104 Å². The highest BCUT2D eigenvalue weighted by molar-refractivity contribution is 5.89. The molecule has 0 heterocycles. The summed E-state index contributed by atoms with van der Waals surface area (Å²) in [6.07, 6.45) is 2.62. The van der Waals surface area contributed by atoms with Crippen LogP contribution in [0, 0.1) is 0 Å². The van der Waals surface area contributed by atoms with Crippen molar-refractivity contribution in [3.63, 3.8) is 0 Å². The molecule has 5 heteroatoms. The maximum Gasteiger partial charge on any atom is 0.242 e. The highest BCUT2D eigenvalue weighted by Gasteiger charge is 2.47. The van der Waals surface area contributed by atoms with Crippen molar-refractivity contribution in [2.45, 2.75) is 24.8 Å². The summed E-state index contributed by atoms with van der Waals surface area (Å²) in [7, 11) is 5.72. The number of hydrogen-bond donors (Lipinski definition) is 1. The van der Waals surface area contributed by atoms with Crippen LogP contribution in [0.4, 0.5) is 0 Å². The Morgan fingerprint density at radius 2 is 1.94 bits per heavy atom. The third-order valence-electron chi connectivity index (χ3n) is 3.10. The summed E-state index contributed by atoms with van der Waals surface area (Å²) in [5.74, 6) is 0.0910. The quantitative estimate of drug-likeness (QED) is 0.647. The normalized spacial score (nSPS) is 17.2. The Hall–Kier alpha value is -0.650. The van der Waals surface area contributed by atoms with E-state index in [9.17, 15) is 4.79 Å². The molecule has 1 fully saturated rings. The summed E-state index contributed by atoms with van der Waals surface area (Å²) in [5, 5.41) is 0. The van der Waals surface area contributed by atoms with Crippen LogP contribution < -0.4 is 5.73 Å². The van der Waals surface area contributed by atoms with Crippen LogP contribution in [-0.4, -0.2) is 68.7 Å². The predicted octanol–water partition coefficient (Wildman–Crippen LogP) is -0.0956. The largest absolute Gasteiger partial charge is 0.383 e. The van der Waals surface area contributed by atoms with Crippen molar-refractivity contribution in [3.05, 3.63) is 0 Å². The molecule has 1 saturated carbocycles. The highest BCUT2D eigenvalue weighted by atomic mass is 16.5. The van der Waals surface area contributed by atoms with Crippen molar-refractivity contribution in [2.24, 2.45) is 5.73 Å². The number of hydrogen-bond acceptors (Lipinski definition) is 4. The minimum absolute atomic E-state index is 0.0910. The SMILES string of the molecule is COCCN(CCCN(C)C)C(=O)C1(N)CC1. The summed E-state index contributed by atoms with van der Waals surface area (Å²) >= 11 is 0. The summed E-state index contributed by atoms with van der Waals surface area (Å²) in [4.78, 5) is 16.1. The van der Waals surface area contributed by atoms with Gasteiger partial charge in [-0.25, -0.2) is 0 Å². The first-order valence-corrected chi connectivity index (χ1v) is 6.21. The Kier molecular flexibility index (Phi) is 5.36. The molecule has 1 amide bonds. The monoisotopic (exact) mass is 243 g/mol. The third-order valence-corrected chi connectivity index (χ3v) is 3.10. The number of carbonyl (C=O) groups is 1. The van der Waals surface area contributed by atoms with E-state index in [4.69, 9.17) is 10.5 Å². The fourth-order valence-electron chi connectivity index (χ4n) is 1.76. The number of methoxy groups -OCH3 is 1. The molecule has 0 unspecified atom stereocenters. The van der Waals surface area contributed by atoms with Gasteiger partial charge in [0, 0.05) is 20.2 Å².